The summed E-state index contributed by atoms with van der Waals surface area (Å²) in [6.07, 6.45) is 1.42. The van der Waals surface area contributed by atoms with Crippen LogP contribution >= 0.6 is 0 Å². The maximum atomic E-state index is 2.35. The summed E-state index contributed by atoms with van der Waals surface area (Å²) in [4.78, 5) is 0. The zero-order valence-electron chi connectivity index (χ0n) is 7.07. The van der Waals surface area contributed by atoms with E-state index >= 15 is 0 Å². The Hall–Kier alpha value is -0.0400. The first-order valence-electron chi connectivity index (χ1n) is 3.80. The third kappa shape index (κ3) is 0.983. The molecule has 0 saturated carbocycles. The molecule has 0 N–H and O–H groups in total. The molecule has 1 heterocycles. The minimum Gasteiger partial charge on any atom is -0.322 e. The van der Waals surface area contributed by atoms with E-state index in [1.807, 2.05) is 0 Å². The SMILES string of the molecule is CC(C)(C)[N+]1(C)CCC1. The Kier molecular flexibility index (Phi) is 1.35. The number of rotatable bonds is 0. The molecular formula is C8H18N+. The van der Waals surface area contributed by atoms with Crippen molar-refractivity contribution in [2.75, 3.05) is 20.1 Å². The van der Waals surface area contributed by atoms with Crippen molar-refractivity contribution in [2.45, 2.75) is 32.7 Å². The standard InChI is InChI=1S/C8H18N/c1-8(2,3)9(4)6-5-7-9/h5-7H2,1-4H3/q+1. The van der Waals surface area contributed by atoms with E-state index in [-0.39, 0.29) is 0 Å². The third-order valence-corrected chi connectivity index (χ3v) is 2.92. The molecule has 1 aliphatic rings. The molecule has 0 aromatic carbocycles. The molecule has 1 rings (SSSR count). The van der Waals surface area contributed by atoms with Crippen LogP contribution in [0.15, 0.2) is 0 Å². The van der Waals surface area contributed by atoms with E-state index in [0.717, 1.165) is 0 Å². The van der Waals surface area contributed by atoms with E-state index in [2.05, 4.69) is 27.8 Å². The van der Waals surface area contributed by atoms with Crippen LogP contribution in [0.2, 0.25) is 0 Å². The number of likely N-dealkylation sites (tertiary alicyclic amines) is 1. The fraction of sp³-hybridized carbons (Fsp3) is 1.00. The largest absolute Gasteiger partial charge is 0.322 e. The molecule has 0 radical (unpaired) electrons. The van der Waals surface area contributed by atoms with Gasteiger partial charge in [-0.15, -0.1) is 0 Å². The summed E-state index contributed by atoms with van der Waals surface area (Å²) >= 11 is 0. The fourth-order valence-corrected chi connectivity index (χ4v) is 1.30. The molecule has 0 aliphatic carbocycles. The van der Waals surface area contributed by atoms with Crippen molar-refractivity contribution in [1.29, 1.82) is 0 Å². The molecule has 0 bridgehead atoms. The summed E-state index contributed by atoms with van der Waals surface area (Å²) in [7, 11) is 2.35. The zero-order valence-corrected chi connectivity index (χ0v) is 7.07. The molecule has 1 heteroatoms. The molecule has 9 heavy (non-hydrogen) atoms. The number of hydrogen-bond donors (Lipinski definition) is 0. The Morgan fingerprint density at radius 1 is 1.11 bits per heavy atom. The van der Waals surface area contributed by atoms with Crippen LogP contribution in [-0.2, 0) is 0 Å². The van der Waals surface area contributed by atoms with Gasteiger partial charge in [-0.2, -0.15) is 0 Å². The Labute approximate surface area is 58.3 Å². The Bertz CT molecular complexity index is 106. The summed E-state index contributed by atoms with van der Waals surface area (Å²) in [5.74, 6) is 0. The highest BCUT2D eigenvalue weighted by Crippen LogP contribution is 2.28. The second-order valence-corrected chi connectivity index (χ2v) is 4.37. The Balaban J connectivity index is 2.59. The topological polar surface area (TPSA) is 0 Å². The first-order chi connectivity index (χ1) is 3.96. The first-order valence-corrected chi connectivity index (χ1v) is 3.80. The van der Waals surface area contributed by atoms with E-state index < -0.39 is 0 Å². The van der Waals surface area contributed by atoms with Crippen LogP contribution in [0.3, 0.4) is 0 Å². The molecule has 1 saturated heterocycles. The van der Waals surface area contributed by atoms with Gasteiger partial charge in [0.05, 0.1) is 25.7 Å². The van der Waals surface area contributed by atoms with Gasteiger partial charge in [-0.1, -0.05) is 0 Å². The Morgan fingerprint density at radius 2 is 1.56 bits per heavy atom. The van der Waals surface area contributed by atoms with Gasteiger partial charge in [0.15, 0.2) is 0 Å². The smallest absolute Gasteiger partial charge is 0.0905 e. The average molecular weight is 128 g/mol. The van der Waals surface area contributed by atoms with E-state index in [1.165, 1.54) is 24.0 Å². The normalized spacial score (nSPS) is 25.3. The lowest BCUT2D eigenvalue weighted by Gasteiger charge is -2.51. The van der Waals surface area contributed by atoms with Crippen LogP contribution in [-0.4, -0.2) is 30.2 Å². The molecule has 1 fully saturated rings. The van der Waals surface area contributed by atoms with Crippen molar-refractivity contribution in [1.82, 2.24) is 0 Å². The minimum absolute atomic E-state index is 0.470. The second-order valence-electron chi connectivity index (χ2n) is 4.37. The van der Waals surface area contributed by atoms with E-state index in [1.54, 1.807) is 0 Å². The van der Waals surface area contributed by atoms with Crippen molar-refractivity contribution in [3.63, 3.8) is 0 Å². The molecular weight excluding hydrogens is 110 g/mol. The van der Waals surface area contributed by atoms with Crippen LogP contribution in [0, 0.1) is 0 Å². The predicted octanol–water partition coefficient (Wildman–Crippen LogP) is 1.64. The predicted molar refractivity (Wildman–Crippen MR) is 40.3 cm³/mol. The van der Waals surface area contributed by atoms with Crippen LogP contribution in [0.4, 0.5) is 0 Å². The van der Waals surface area contributed by atoms with Gasteiger partial charge in [0.2, 0.25) is 0 Å². The number of hydrogen-bond acceptors (Lipinski definition) is 0. The molecule has 0 unspecified atom stereocenters. The van der Waals surface area contributed by atoms with Crippen LogP contribution in [0.5, 0.6) is 0 Å². The van der Waals surface area contributed by atoms with Gasteiger partial charge in [-0.25, -0.2) is 0 Å². The van der Waals surface area contributed by atoms with Crippen molar-refractivity contribution < 1.29 is 4.48 Å². The summed E-state index contributed by atoms with van der Waals surface area (Å²) in [6, 6.07) is 0. The highest BCUT2D eigenvalue weighted by Gasteiger charge is 2.41. The third-order valence-electron chi connectivity index (χ3n) is 2.92. The molecule has 0 atom stereocenters. The van der Waals surface area contributed by atoms with E-state index in [4.69, 9.17) is 0 Å². The maximum Gasteiger partial charge on any atom is 0.0905 e. The van der Waals surface area contributed by atoms with Gasteiger partial charge in [-0.05, 0) is 20.8 Å². The number of quaternary nitrogens is 1. The minimum atomic E-state index is 0.470. The van der Waals surface area contributed by atoms with Gasteiger partial charge < -0.3 is 4.48 Å². The lowest BCUT2D eigenvalue weighted by atomic mass is 9.96. The van der Waals surface area contributed by atoms with Crippen LogP contribution in [0.1, 0.15) is 27.2 Å². The molecule has 0 aromatic rings. The number of nitrogens with zero attached hydrogens (tertiary/aromatic N) is 1. The first kappa shape index (κ1) is 7.07. The molecule has 54 valence electrons. The summed E-state index contributed by atoms with van der Waals surface area (Å²) in [6.45, 7) is 9.73. The van der Waals surface area contributed by atoms with Crippen LogP contribution in [0.25, 0.3) is 0 Å². The molecule has 0 spiro atoms. The van der Waals surface area contributed by atoms with Crippen molar-refractivity contribution in [3.8, 4) is 0 Å². The molecule has 1 aliphatic heterocycles. The lowest BCUT2D eigenvalue weighted by molar-refractivity contribution is -0.987. The van der Waals surface area contributed by atoms with Gasteiger partial charge in [0, 0.05) is 6.42 Å². The zero-order chi connectivity index (χ0) is 7.12. The van der Waals surface area contributed by atoms with Crippen molar-refractivity contribution >= 4 is 0 Å². The summed E-state index contributed by atoms with van der Waals surface area (Å²) in [5, 5.41) is 0. The summed E-state index contributed by atoms with van der Waals surface area (Å²) in [5.41, 5.74) is 0.470. The van der Waals surface area contributed by atoms with Gasteiger partial charge in [0.1, 0.15) is 0 Å². The van der Waals surface area contributed by atoms with E-state index in [9.17, 15) is 0 Å². The van der Waals surface area contributed by atoms with Gasteiger partial charge in [-0.3, -0.25) is 0 Å². The molecule has 0 amide bonds. The van der Waals surface area contributed by atoms with Crippen molar-refractivity contribution in [3.05, 3.63) is 0 Å². The van der Waals surface area contributed by atoms with Gasteiger partial charge >= 0.3 is 0 Å². The van der Waals surface area contributed by atoms with Gasteiger partial charge in [0.25, 0.3) is 0 Å². The fourth-order valence-electron chi connectivity index (χ4n) is 1.30. The maximum absolute atomic E-state index is 2.35. The lowest BCUT2D eigenvalue weighted by Crippen LogP contribution is -2.64. The molecule has 0 aromatic heterocycles. The van der Waals surface area contributed by atoms with E-state index in [0.29, 0.717) is 5.54 Å². The van der Waals surface area contributed by atoms with Crippen molar-refractivity contribution in [2.24, 2.45) is 0 Å². The Morgan fingerprint density at radius 3 is 1.56 bits per heavy atom. The highest BCUT2D eigenvalue weighted by atomic mass is 15.4. The monoisotopic (exact) mass is 128 g/mol. The summed E-state index contributed by atoms with van der Waals surface area (Å²) < 4.78 is 1.27. The second kappa shape index (κ2) is 1.72. The average Bonchev–Trinajstić information content (AvgIpc) is 1.57. The molecule has 1 nitrogen and oxygen atoms in total. The quantitative estimate of drug-likeness (QED) is 0.435. The van der Waals surface area contributed by atoms with Crippen LogP contribution < -0.4 is 0 Å². The highest BCUT2D eigenvalue weighted by molar-refractivity contribution is 4.67.